The van der Waals surface area contributed by atoms with Crippen LogP contribution in [-0.2, 0) is 19.4 Å². The summed E-state index contributed by atoms with van der Waals surface area (Å²) in [7, 11) is 0. The Morgan fingerprint density at radius 2 is 2.00 bits per heavy atom. The predicted octanol–water partition coefficient (Wildman–Crippen LogP) is 3.73. The number of nitrogens with one attached hydrogen (secondary N) is 1. The zero-order valence-corrected chi connectivity index (χ0v) is 14.3. The van der Waals surface area contributed by atoms with Crippen molar-refractivity contribution in [3.63, 3.8) is 0 Å². The fraction of sp³-hybridized carbons (Fsp3) is 0.500. The number of carbonyl (C=O) groups excluding carboxylic acids is 1. The van der Waals surface area contributed by atoms with E-state index in [4.69, 9.17) is 0 Å². The normalized spacial score (nSPS) is 18.0. The zero-order chi connectivity index (χ0) is 16.5. The van der Waals surface area contributed by atoms with Crippen LogP contribution < -0.4 is 0 Å². The summed E-state index contributed by atoms with van der Waals surface area (Å²) >= 11 is 0. The molecule has 1 aromatic heterocycles. The lowest BCUT2D eigenvalue weighted by molar-refractivity contribution is 0.0647. The van der Waals surface area contributed by atoms with Gasteiger partial charge in [-0.1, -0.05) is 30.3 Å². The van der Waals surface area contributed by atoms with Gasteiger partial charge in [0.25, 0.3) is 5.91 Å². The maximum Gasteiger partial charge on any atom is 0.275 e. The fourth-order valence-corrected chi connectivity index (χ4v) is 3.81. The molecule has 4 heteroatoms. The number of benzene rings is 1. The van der Waals surface area contributed by atoms with Crippen LogP contribution in [0.5, 0.6) is 0 Å². The van der Waals surface area contributed by atoms with E-state index < -0.39 is 0 Å². The molecular weight excluding hydrogens is 298 g/mol. The SMILES string of the molecule is C[C@H](C1CC1)N(Cc1ccccc1)C(=O)c1n[nH]c2c1CCCC2. The molecule has 1 fully saturated rings. The summed E-state index contributed by atoms with van der Waals surface area (Å²) in [5, 5.41) is 7.52. The van der Waals surface area contributed by atoms with Crippen LogP contribution in [0.2, 0.25) is 0 Å². The molecule has 126 valence electrons. The maximum atomic E-state index is 13.3. The van der Waals surface area contributed by atoms with E-state index in [1.54, 1.807) is 0 Å². The van der Waals surface area contributed by atoms with Gasteiger partial charge in [0.1, 0.15) is 0 Å². The number of amides is 1. The van der Waals surface area contributed by atoms with Crippen LogP contribution in [0.3, 0.4) is 0 Å². The second kappa shape index (κ2) is 6.42. The topological polar surface area (TPSA) is 49.0 Å². The quantitative estimate of drug-likeness (QED) is 0.911. The van der Waals surface area contributed by atoms with E-state index in [-0.39, 0.29) is 11.9 Å². The Morgan fingerprint density at radius 3 is 2.75 bits per heavy atom. The minimum Gasteiger partial charge on any atom is -0.330 e. The lowest BCUT2D eigenvalue weighted by Gasteiger charge is -2.29. The summed E-state index contributed by atoms with van der Waals surface area (Å²) < 4.78 is 0. The van der Waals surface area contributed by atoms with Crippen molar-refractivity contribution in [1.82, 2.24) is 15.1 Å². The van der Waals surface area contributed by atoms with Gasteiger partial charge in [-0.3, -0.25) is 9.89 Å². The third-order valence-electron chi connectivity index (χ3n) is 5.51. The van der Waals surface area contributed by atoms with Gasteiger partial charge in [0.15, 0.2) is 5.69 Å². The highest BCUT2D eigenvalue weighted by Gasteiger charge is 2.36. The van der Waals surface area contributed by atoms with Gasteiger partial charge >= 0.3 is 0 Å². The molecule has 2 aromatic rings. The number of fused-ring (bicyclic) bond motifs is 1. The molecule has 1 N–H and O–H groups in total. The highest BCUT2D eigenvalue weighted by molar-refractivity contribution is 5.94. The van der Waals surface area contributed by atoms with Crippen molar-refractivity contribution in [1.29, 1.82) is 0 Å². The lowest BCUT2D eigenvalue weighted by atomic mass is 9.95. The summed E-state index contributed by atoms with van der Waals surface area (Å²) in [6, 6.07) is 10.6. The Hall–Kier alpha value is -2.10. The molecule has 0 saturated heterocycles. The Labute approximate surface area is 143 Å². The number of aromatic amines is 1. The fourth-order valence-electron chi connectivity index (χ4n) is 3.81. The van der Waals surface area contributed by atoms with Crippen molar-refractivity contribution in [3.05, 3.63) is 52.8 Å². The molecule has 24 heavy (non-hydrogen) atoms. The largest absolute Gasteiger partial charge is 0.330 e. The first kappa shape index (κ1) is 15.4. The molecule has 0 radical (unpaired) electrons. The summed E-state index contributed by atoms with van der Waals surface area (Å²) in [5.41, 5.74) is 4.17. The van der Waals surface area contributed by atoms with Crippen LogP contribution in [-0.4, -0.2) is 27.0 Å². The van der Waals surface area contributed by atoms with Gasteiger partial charge in [0.05, 0.1) is 0 Å². The first-order valence-electron chi connectivity index (χ1n) is 9.15. The molecule has 0 unspecified atom stereocenters. The number of H-pyrrole nitrogens is 1. The minimum atomic E-state index is 0.0950. The predicted molar refractivity (Wildman–Crippen MR) is 93.7 cm³/mol. The molecule has 1 amide bonds. The average molecular weight is 323 g/mol. The van der Waals surface area contributed by atoms with Gasteiger partial charge in [0.2, 0.25) is 0 Å². The van der Waals surface area contributed by atoms with E-state index in [9.17, 15) is 4.79 Å². The molecule has 2 aliphatic rings. The van der Waals surface area contributed by atoms with E-state index in [1.807, 2.05) is 23.1 Å². The lowest BCUT2D eigenvalue weighted by Crippen LogP contribution is -2.40. The van der Waals surface area contributed by atoms with Gasteiger partial charge in [0, 0.05) is 23.8 Å². The van der Waals surface area contributed by atoms with Gasteiger partial charge in [-0.25, -0.2) is 0 Å². The van der Waals surface area contributed by atoms with Gasteiger partial charge in [-0.2, -0.15) is 5.10 Å². The molecule has 1 aromatic carbocycles. The average Bonchev–Trinajstić information content (AvgIpc) is 3.39. The smallest absolute Gasteiger partial charge is 0.275 e. The van der Waals surface area contributed by atoms with Crippen LogP contribution in [0.15, 0.2) is 30.3 Å². The van der Waals surface area contributed by atoms with Crippen molar-refractivity contribution in [3.8, 4) is 0 Å². The molecular formula is C20H25N3O. The number of aryl methyl sites for hydroxylation is 1. The Morgan fingerprint density at radius 1 is 1.25 bits per heavy atom. The number of carbonyl (C=O) groups is 1. The molecule has 0 spiro atoms. The van der Waals surface area contributed by atoms with E-state index in [1.165, 1.54) is 30.5 Å². The first-order chi connectivity index (χ1) is 11.7. The maximum absolute atomic E-state index is 13.3. The van der Waals surface area contributed by atoms with Crippen LogP contribution in [0.4, 0.5) is 0 Å². The van der Waals surface area contributed by atoms with Gasteiger partial charge < -0.3 is 4.90 Å². The number of nitrogens with zero attached hydrogens (tertiary/aromatic N) is 2. The van der Waals surface area contributed by atoms with Crippen molar-refractivity contribution in [2.45, 2.75) is 58.0 Å². The van der Waals surface area contributed by atoms with Crippen molar-refractivity contribution >= 4 is 5.91 Å². The van der Waals surface area contributed by atoms with Crippen molar-refractivity contribution in [2.24, 2.45) is 5.92 Å². The van der Waals surface area contributed by atoms with E-state index >= 15 is 0 Å². The van der Waals surface area contributed by atoms with Crippen LogP contribution in [0, 0.1) is 5.92 Å². The zero-order valence-electron chi connectivity index (χ0n) is 14.3. The number of hydrogen-bond donors (Lipinski definition) is 1. The van der Waals surface area contributed by atoms with E-state index in [0.717, 1.165) is 24.8 Å². The van der Waals surface area contributed by atoms with E-state index in [0.29, 0.717) is 18.2 Å². The Balaban J connectivity index is 1.62. The Bertz CT molecular complexity index is 718. The summed E-state index contributed by atoms with van der Waals surface area (Å²) in [6.45, 7) is 2.86. The molecule has 0 bridgehead atoms. The summed E-state index contributed by atoms with van der Waals surface area (Å²) in [6.07, 6.45) is 6.81. The molecule has 1 saturated carbocycles. The molecule has 1 atom stereocenters. The van der Waals surface area contributed by atoms with Crippen LogP contribution in [0.1, 0.15) is 59.9 Å². The molecule has 2 aliphatic carbocycles. The number of rotatable bonds is 5. The Kier molecular flexibility index (Phi) is 4.13. The highest BCUT2D eigenvalue weighted by atomic mass is 16.2. The third kappa shape index (κ3) is 2.97. The monoisotopic (exact) mass is 323 g/mol. The first-order valence-corrected chi connectivity index (χ1v) is 9.15. The highest BCUT2D eigenvalue weighted by Crippen LogP contribution is 2.36. The second-order valence-corrected chi connectivity index (χ2v) is 7.23. The molecule has 4 rings (SSSR count). The third-order valence-corrected chi connectivity index (χ3v) is 5.51. The molecule has 0 aliphatic heterocycles. The minimum absolute atomic E-state index is 0.0950. The van der Waals surface area contributed by atoms with E-state index in [2.05, 4.69) is 29.3 Å². The van der Waals surface area contributed by atoms with Crippen LogP contribution >= 0.6 is 0 Å². The van der Waals surface area contributed by atoms with Crippen molar-refractivity contribution < 1.29 is 4.79 Å². The number of hydrogen-bond acceptors (Lipinski definition) is 2. The van der Waals surface area contributed by atoms with Gasteiger partial charge in [-0.15, -0.1) is 0 Å². The molecule has 4 nitrogen and oxygen atoms in total. The summed E-state index contributed by atoms with van der Waals surface area (Å²) in [4.78, 5) is 15.3. The molecule has 1 heterocycles. The van der Waals surface area contributed by atoms with Crippen molar-refractivity contribution in [2.75, 3.05) is 0 Å². The second-order valence-electron chi connectivity index (χ2n) is 7.23. The number of aromatic nitrogens is 2. The van der Waals surface area contributed by atoms with Gasteiger partial charge in [-0.05, 0) is 56.9 Å². The van der Waals surface area contributed by atoms with Crippen LogP contribution in [0.25, 0.3) is 0 Å². The standard InChI is InChI=1S/C20H25N3O/c1-14(16-11-12-16)23(13-15-7-3-2-4-8-15)20(24)19-17-9-5-6-10-18(17)21-22-19/h2-4,7-8,14,16H,5-6,9-13H2,1H3,(H,21,22)/t14-/m1/s1. The summed E-state index contributed by atoms with van der Waals surface area (Å²) in [5.74, 6) is 0.741.